The Morgan fingerprint density at radius 2 is 1.80 bits per heavy atom. The summed E-state index contributed by atoms with van der Waals surface area (Å²) in [6.45, 7) is 5.15. The molecule has 0 aliphatic carbocycles. The summed E-state index contributed by atoms with van der Waals surface area (Å²) in [5.41, 5.74) is -0.0868. The summed E-state index contributed by atoms with van der Waals surface area (Å²) >= 11 is 0. The number of nitrogens with zero attached hydrogens (tertiary/aromatic N) is 3. The van der Waals surface area contributed by atoms with E-state index in [2.05, 4.69) is 10.3 Å². The van der Waals surface area contributed by atoms with Gasteiger partial charge in [-0.2, -0.15) is 4.57 Å². The van der Waals surface area contributed by atoms with Crippen molar-refractivity contribution in [1.82, 2.24) is 14.1 Å². The molecule has 4 aromatic rings. The number of anilines is 2. The van der Waals surface area contributed by atoms with E-state index >= 15 is 0 Å². The van der Waals surface area contributed by atoms with Gasteiger partial charge in [0.05, 0.1) is 29.5 Å². The molecule has 0 aliphatic heterocycles. The molecule has 0 saturated heterocycles. The summed E-state index contributed by atoms with van der Waals surface area (Å²) in [6, 6.07) is 14.0. The van der Waals surface area contributed by atoms with Gasteiger partial charge in [-0.25, -0.2) is 23.4 Å². The van der Waals surface area contributed by atoms with E-state index in [4.69, 9.17) is 9.47 Å². The van der Waals surface area contributed by atoms with Crippen LogP contribution in [0.25, 0.3) is 11.0 Å². The summed E-state index contributed by atoms with van der Waals surface area (Å²) in [5, 5.41) is 2.76. The van der Waals surface area contributed by atoms with E-state index in [-0.39, 0.29) is 30.4 Å². The van der Waals surface area contributed by atoms with Gasteiger partial charge >= 0.3 is 11.8 Å². The van der Waals surface area contributed by atoms with Crippen LogP contribution in [0.1, 0.15) is 26.3 Å². The van der Waals surface area contributed by atoms with Crippen LogP contribution in [0.5, 0.6) is 0 Å². The smallest absolute Gasteiger partial charge is 0.423 e. The van der Waals surface area contributed by atoms with Gasteiger partial charge in [0.25, 0.3) is 0 Å². The van der Waals surface area contributed by atoms with Gasteiger partial charge in [0.2, 0.25) is 0 Å². The Labute approximate surface area is 199 Å². The predicted octanol–water partition coefficient (Wildman–Crippen LogP) is 5.18. The van der Waals surface area contributed by atoms with E-state index in [9.17, 15) is 18.4 Å². The molecule has 35 heavy (non-hydrogen) atoms. The molecular weight excluding hydrogens is 458 g/mol. The van der Waals surface area contributed by atoms with Crippen LogP contribution in [0.2, 0.25) is 0 Å². The van der Waals surface area contributed by atoms with Crippen molar-refractivity contribution < 1.29 is 23.0 Å². The number of benzene rings is 2. The number of aromatic nitrogens is 3. The van der Waals surface area contributed by atoms with Crippen molar-refractivity contribution in [2.24, 2.45) is 0 Å². The van der Waals surface area contributed by atoms with Crippen molar-refractivity contribution in [2.75, 3.05) is 5.32 Å². The highest BCUT2D eigenvalue weighted by Crippen LogP contribution is 2.23. The van der Waals surface area contributed by atoms with E-state index < -0.39 is 29.0 Å². The summed E-state index contributed by atoms with van der Waals surface area (Å²) in [7, 11) is 0. The fourth-order valence-corrected chi connectivity index (χ4v) is 3.39. The summed E-state index contributed by atoms with van der Waals surface area (Å²) in [6.07, 6.45) is 0.444. The molecule has 0 radical (unpaired) electrons. The van der Waals surface area contributed by atoms with Gasteiger partial charge in [-0.3, -0.25) is 4.57 Å². The molecule has 8 nitrogen and oxygen atoms in total. The standard InChI is InChI=1S/C25H24F2N4O4/c1-25(2,3)35-24(33)31-21-13-28-22(29-19-10-9-17(26)11-18(19)27)12-20(21)30(23(31)32)15-34-14-16-7-5-4-6-8-16/h4-13H,14-15H2,1-3H3,(H,28,29). The van der Waals surface area contributed by atoms with Crippen LogP contribution in [0.15, 0.2) is 65.6 Å². The zero-order chi connectivity index (χ0) is 25.2. The summed E-state index contributed by atoms with van der Waals surface area (Å²) in [4.78, 5) is 30.2. The number of hydrogen-bond donors (Lipinski definition) is 1. The van der Waals surface area contributed by atoms with Crippen LogP contribution in [-0.4, -0.2) is 25.8 Å². The average molecular weight is 482 g/mol. The van der Waals surface area contributed by atoms with Crippen LogP contribution >= 0.6 is 0 Å². The maximum absolute atomic E-state index is 14.1. The Hall–Kier alpha value is -4.05. The molecule has 0 aliphatic rings. The first-order valence-corrected chi connectivity index (χ1v) is 10.8. The molecular formula is C25H24F2N4O4. The Morgan fingerprint density at radius 1 is 1.06 bits per heavy atom. The molecule has 0 bridgehead atoms. The van der Waals surface area contributed by atoms with Gasteiger partial charge in [-0.1, -0.05) is 30.3 Å². The first kappa shape index (κ1) is 24.1. The quantitative estimate of drug-likeness (QED) is 0.408. The van der Waals surface area contributed by atoms with Gasteiger partial charge in [-0.15, -0.1) is 0 Å². The number of ether oxygens (including phenoxy) is 2. The highest BCUT2D eigenvalue weighted by atomic mass is 19.1. The van der Waals surface area contributed by atoms with Crippen molar-refractivity contribution in [1.29, 1.82) is 0 Å². The normalized spacial score (nSPS) is 11.6. The van der Waals surface area contributed by atoms with Crippen molar-refractivity contribution >= 4 is 28.6 Å². The number of pyridine rings is 1. The highest BCUT2D eigenvalue weighted by Gasteiger charge is 2.25. The number of carbonyl (C=O) groups excluding carboxylic acids is 1. The molecule has 4 rings (SSSR count). The fraction of sp³-hybridized carbons (Fsp3) is 0.240. The maximum atomic E-state index is 14.1. The van der Waals surface area contributed by atoms with E-state index in [1.54, 1.807) is 20.8 Å². The van der Waals surface area contributed by atoms with Gasteiger partial charge in [0.15, 0.2) is 0 Å². The van der Waals surface area contributed by atoms with Crippen molar-refractivity contribution in [3.8, 4) is 0 Å². The molecule has 0 unspecified atom stereocenters. The Kier molecular flexibility index (Phi) is 6.65. The second-order valence-corrected chi connectivity index (χ2v) is 8.80. The lowest BCUT2D eigenvalue weighted by Crippen LogP contribution is -2.34. The third kappa shape index (κ3) is 5.55. The molecule has 0 spiro atoms. The monoisotopic (exact) mass is 482 g/mol. The molecule has 0 fully saturated rings. The minimum absolute atomic E-state index is 0.000880. The topological polar surface area (TPSA) is 87.4 Å². The SMILES string of the molecule is CC(C)(C)OC(=O)n1c(=O)n(COCc2ccccc2)c2cc(Nc3ccc(F)cc3F)ncc21. The molecule has 1 N–H and O–H groups in total. The number of rotatable bonds is 6. The van der Waals surface area contributed by atoms with E-state index in [0.29, 0.717) is 5.52 Å². The van der Waals surface area contributed by atoms with E-state index in [1.165, 1.54) is 22.9 Å². The lowest BCUT2D eigenvalue weighted by molar-refractivity contribution is 0.0513. The van der Waals surface area contributed by atoms with Crippen LogP contribution in [0.4, 0.5) is 25.1 Å². The third-order valence-corrected chi connectivity index (χ3v) is 4.92. The number of imidazole rings is 1. The van der Waals surface area contributed by atoms with Crippen molar-refractivity contribution in [3.63, 3.8) is 0 Å². The lowest BCUT2D eigenvalue weighted by atomic mass is 10.2. The lowest BCUT2D eigenvalue weighted by Gasteiger charge is -2.19. The van der Waals surface area contributed by atoms with E-state index in [0.717, 1.165) is 22.3 Å². The summed E-state index contributed by atoms with van der Waals surface area (Å²) in [5.74, 6) is -1.33. The minimum atomic E-state index is -0.860. The molecule has 0 atom stereocenters. The second-order valence-electron chi connectivity index (χ2n) is 8.80. The zero-order valence-corrected chi connectivity index (χ0v) is 19.4. The maximum Gasteiger partial charge on any atom is 0.423 e. The zero-order valence-electron chi connectivity index (χ0n) is 19.4. The number of fused-ring (bicyclic) bond motifs is 1. The Bertz CT molecular complexity index is 1430. The molecule has 0 saturated carbocycles. The minimum Gasteiger partial charge on any atom is -0.443 e. The molecule has 2 heterocycles. The number of nitrogens with one attached hydrogen (secondary N) is 1. The summed E-state index contributed by atoms with van der Waals surface area (Å²) < 4.78 is 40.6. The fourth-order valence-electron chi connectivity index (χ4n) is 3.39. The highest BCUT2D eigenvalue weighted by molar-refractivity contribution is 5.88. The van der Waals surface area contributed by atoms with Crippen LogP contribution in [0, 0.1) is 11.6 Å². The van der Waals surface area contributed by atoms with E-state index in [1.807, 2.05) is 30.3 Å². The molecule has 2 aromatic heterocycles. The van der Waals surface area contributed by atoms with Gasteiger partial charge in [0, 0.05) is 12.1 Å². The number of halogens is 2. The Morgan fingerprint density at radius 3 is 2.49 bits per heavy atom. The molecule has 10 heteroatoms. The first-order chi connectivity index (χ1) is 16.6. The van der Waals surface area contributed by atoms with Crippen molar-refractivity contribution in [2.45, 2.75) is 39.7 Å². The third-order valence-electron chi connectivity index (χ3n) is 4.92. The molecule has 0 amide bonds. The second kappa shape index (κ2) is 9.67. The number of hydrogen-bond acceptors (Lipinski definition) is 6. The van der Waals surface area contributed by atoms with Crippen LogP contribution in [-0.2, 0) is 22.8 Å². The predicted molar refractivity (Wildman–Crippen MR) is 126 cm³/mol. The van der Waals surface area contributed by atoms with Crippen molar-refractivity contribution in [3.05, 3.63) is 88.5 Å². The average Bonchev–Trinajstić information content (AvgIpc) is 3.06. The largest absolute Gasteiger partial charge is 0.443 e. The van der Waals surface area contributed by atoms with Crippen LogP contribution in [0.3, 0.4) is 0 Å². The van der Waals surface area contributed by atoms with Gasteiger partial charge in [0.1, 0.15) is 29.8 Å². The first-order valence-electron chi connectivity index (χ1n) is 10.8. The van der Waals surface area contributed by atoms with Crippen LogP contribution < -0.4 is 11.0 Å². The Balaban J connectivity index is 1.71. The molecule has 182 valence electrons. The van der Waals surface area contributed by atoms with Gasteiger partial charge < -0.3 is 14.8 Å². The molecule has 2 aromatic carbocycles. The van der Waals surface area contributed by atoms with Gasteiger partial charge in [-0.05, 0) is 38.5 Å². The number of carbonyl (C=O) groups is 1.